The number of hydrogen-bond acceptors (Lipinski definition) is 8. The summed E-state index contributed by atoms with van der Waals surface area (Å²) in [5.74, 6) is -0.842. The quantitative estimate of drug-likeness (QED) is 0.326. The van der Waals surface area contributed by atoms with Gasteiger partial charge in [0.25, 0.3) is 0 Å². The Kier molecular flexibility index (Phi) is 8.13. The molecule has 4 atom stereocenters. The SMILES string of the molecule is O=C(O)CCCCCCCC(=O)Cc1cnc2ccn([C@@H]3O[C@H](CO)C(O)C3O)c(=O)n12. The number of carboxylic acids is 1. The minimum atomic E-state index is -1.40. The van der Waals surface area contributed by atoms with Gasteiger partial charge in [-0.3, -0.25) is 14.2 Å². The highest BCUT2D eigenvalue weighted by molar-refractivity contribution is 5.80. The third-order valence-corrected chi connectivity index (χ3v) is 5.67. The second kappa shape index (κ2) is 10.8. The molecule has 3 heterocycles. The highest BCUT2D eigenvalue weighted by atomic mass is 16.6. The molecule has 11 heteroatoms. The van der Waals surface area contributed by atoms with E-state index in [1.54, 1.807) is 6.07 Å². The molecule has 2 aromatic heterocycles. The first-order valence-electron chi connectivity index (χ1n) is 10.8. The molecule has 3 rings (SSSR count). The van der Waals surface area contributed by atoms with E-state index in [1.807, 2.05) is 0 Å². The molecule has 1 saturated heterocycles. The Hall–Kier alpha value is -2.60. The lowest BCUT2D eigenvalue weighted by atomic mass is 10.1. The Bertz CT molecular complexity index is 1000. The summed E-state index contributed by atoms with van der Waals surface area (Å²) >= 11 is 0. The van der Waals surface area contributed by atoms with Gasteiger partial charge in [0.1, 0.15) is 29.7 Å². The average Bonchev–Trinajstić information content (AvgIpc) is 3.29. The fraction of sp³-hybridized carbons (Fsp3) is 0.619. The fourth-order valence-corrected chi connectivity index (χ4v) is 3.92. The van der Waals surface area contributed by atoms with Gasteiger partial charge in [-0.1, -0.05) is 19.3 Å². The van der Waals surface area contributed by atoms with E-state index < -0.39 is 42.8 Å². The number of aliphatic carboxylic acids is 1. The number of aliphatic hydroxyl groups excluding tert-OH is 3. The van der Waals surface area contributed by atoms with Crippen LogP contribution >= 0.6 is 0 Å². The third kappa shape index (κ3) is 5.41. The number of carbonyl (C=O) groups excluding carboxylic acids is 1. The molecule has 0 radical (unpaired) electrons. The van der Waals surface area contributed by atoms with Crippen molar-refractivity contribution in [1.29, 1.82) is 0 Å². The molecule has 0 amide bonds. The van der Waals surface area contributed by atoms with Gasteiger partial charge in [0, 0.05) is 31.7 Å². The highest BCUT2D eigenvalue weighted by Crippen LogP contribution is 2.28. The summed E-state index contributed by atoms with van der Waals surface area (Å²) in [5.41, 5.74) is 0.188. The average molecular weight is 451 g/mol. The third-order valence-electron chi connectivity index (χ3n) is 5.67. The van der Waals surface area contributed by atoms with Crippen molar-refractivity contribution in [2.45, 2.75) is 75.9 Å². The van der Waals surface area contributed by atoms with E-state index >= 15 is 0 Å². The number of rotatable bonds is 12. The number of ketones is 1. The van der Waals surface area contributed by atoms with Gasteiger partial charge in [0.05, 0.1) is 12.3 Å². The van der Waals surface area contributed by atoms with E-state index in [4.69, 9.17) is 9.84 Å². The van der Waals surface area contributed by atoms with Crippen LogP contribution in [0.3, 0.4) is 0 Å². The van der Waals surface area contributed by atoms with Gasteiger partial charge in [-0.2, -0.15) is 0 Å². The van der Waals surface area contributed by atoms with E-state index in [0.717, 1.165) is 23.8 Å². The lowest BCUT2D eigenvalue weighted by Gasteiger charge is -2.18. The van der Waals surface area contributed by atoms with Gasteiger partial charge in [-0.15, -0.1) is 0 Å². The first-order chi connectivity index (χ1) is 15.3. The van der Waals surface area contributed by atoms with Crippen LogP contribution in [0.25, 0.3) is 5.65 Å². The van der Waals surface area contributed by atoms with Crippen LogP contribution in [0.5, 0.6) is 0 Å². The molecule has 0 aromatic carbocycles. The molecular formula is C21H29N3O8. The predicted octanol–water partition coefficient (Wildman–Crippen LogP) is 0.0344. The van der Waals surface area contributed by atoms with Crippen molar-refractivity contribution in [3.8, 4) is 0 Å². The van der Waals surface area contributed by atoms with Crippen LogP contribution < -0.4 is 5.69 Å². The predicted molar refractivity (Wildman–Crippen MR) is 111 cm³/mol. The van der Waals surface area contributed by atoms with Gasteiger partial charge in [-0.05, 0) is 18.9 Å². The van der Waals surface area contributed by atoms with E-state index in [0.29, 0.717) is 30.6 Å². The van der Waals surface area contributed by atoms with Gasteiger partial charge in [0.2, 0.25) is 0 Å². The number of carbonyl (C=O) groups is 2. The van der Waals surface area contributed by atoms with Crippen molar-refractivity contribution in [2.75, 3.05) is 6.61 Å². The molecule has 11 nitrogen and oxygen atoms in total. The fourth-order valence-electron chi connectivity index (χ4n) is 3.92. The Balaban J connectivity index is 1.62. The molecule has 176 valence electrons. The summed E-state index contributed by atoms with van der Waals surface area (Å²) < 4.78 is 7.83. The van der Waals surface area contributed by atoms with Crippen LogP contribution in [-0.4, -0.2) is 71.0 Å². The molecule has 1 aliphatic heterocycles. The normalized spacial score (nSPS) is 23.1. The minimum absolute atomic E-state index is 0.0232. The zero-order valence-corrected chi connectivity index (χ0v) is 17.7. The maximum absolute atomic E-state index is 13.0. The van der Waals surface area contributed by atoms with E-state index in [9.17, 15) is 29.7 Å². The molecule has 0 saturated carbocycles. The number of imidazole rings is 1. The van der Waals surface area contributed by atoms with Crippen molar-refractivity contribution < 1.29 is 34.8 Å². The monoisotopic (exact) mass is 451 g/mol. The molecule has 32 heavy (non-hydrogen) atoms. The number of aromatic nitrogens is 3. The number of hydrogen-bond donors (Lipinski definition) is 4. The molecule has 1 aliphatic rings. The lowest BCUT2D eigenvalue weighted by Crippen LogP contribution is -2.37. The Labute approximate surface area is 183 Å². The zero-order chi connectivity index (χ0) is 23.3. The maximum Gasteiger partial charge on any atom is 0.336 e. The Morgan fingerprint density at radius 3 is 2.41 bits per heavy atom. The summed E-state index contributed by atoms with van der Waals surface area (Å²) in [4.78, 5) is 40.1. The van der Waals surface area contributed by atoms with Gasteiger partial charge >= 0.3 is 11.7 Å². The van der Waals surface area contributed by atoms with Crippen LogP contribution in [0.4, 0.5) is 0 Å². The number of Topliss-reactive ketones (excluding diaryl/α,β-unsaturated/α-hetero) is 1. The molecule has 2 unspecified atom stereocenters. The summed E-state index contributed by atoms with van der Waals surface area (Å²) in [7, 11) is 0. The number of unbranched alkanes of at least 4 members (excludes halogenated alkanes) is 4. The summed E-state index contributed by atoms with van der Waals surface area (Å²) in [5, 5.41) is 38.1. The summed E-state index contributed by atoms with van der Waals surface area (Å²) in [6, 6.07) is 1.54. The van der Waals surface area contributed by atoms with Crippen LogP contribution in [0.15, 0.2) is 23.3 Å². The number of nitrogens with zero attached hydrogens (tertiary/aromatic N) is 3. The Morgan fingerprint density at radius 1 is 1.06 bits per heavy atom. The van der Waals surface area contributed by atoms with Crippen molar-refractivity contribution in [3.05, 3.63) is 34.6 Å². The standard InChI is InChI=1S/C21H29N3O8/c25-12-15-18(29)19(30)20(32-15)23-9-8-16-22-11-13(24(16)21(23)31)10-14(26)6-4-2-1-3-5-7-17(27)28/h8-9,11,15,18-20,25,29-30H,1-7,10,12H2,(H,27,28)/t15-,18?,19?,20-/m1/s1. The first kappa shape index (κ1) is 24.1. The van der Waals surface area contributed by atoms with Crippen molar-refractivity contribution in [3.63, 3.8) is 0 Å². The molecular weight excluding hydrogens is 422 g/mol. The number of ether oxygens (including phenoxy) is 1. The molecule has 0 bridgehead atoms. The molecule has 2 aromatic rings. The summed E-state index contributed by atoms with van der Waals surface area (Å²) in [6.07, 6.45) is 2.30. The molecule has 0 aliphatic carbocycles. The van der Waals surface area contributed by atoms with Gasteiger partial charge in [-0.25, -0.2) is 14.2 Å². The van der Waals surface area contributed by atoms with E-state index in [2.05, 4.69) is 4.98 Å². The van der Waals surface area contributed by atoms with Crippen LogP contribution in [0.1, 0.15) is 56.9 Å². The second-order valence-electron chi connectivity index (χ2n) is 8.05. The van der Waals surface area contributed by atoms with Crippen molar-refractivity contribution >= 4 is 17.4 Å². The van der Waals surface area contributed by atoms with Crippen LogP contribution in [-0.2, 0) is 20.7 Å². The summed E-state index contributed by atoms with van der Waals surface area (Å²) in [6.45, 7) is -0.504. The number of fused-ring (bicyclic) bond motifs is 1. The Morgan fingerprint density at radius 2 is 1.75 bits per heavy atom. The minimum Gasteiger partial charge on any atom is -0.481 e. The largest absolute Gasteiger partial charge is 0.481 e. The zero-order valence-electron chi connectivity index (χ0n) is 17.7. The van der Waals surface area contributed by atoms with Gasteiger partial charge < -0.3 is 25.2 Å². The maximum atomic E-state index is 13.0. The van der Waals surface area contributed by atoms with E-state index in [1.165, 1.54) is 16.8 Å². The molecule has 4 N–H and O–H groups in total. The molecule has 1 fully saturated rings. The van der Waals surface area contributed by atoms with Crippen LogP contribution in [0.2, 0.25) is 0 Å². The molecule has 0 spiro atoms. The van der Waals surface area contributed by atoms with E-state index in [-0.39, 0.29) is 18.6 Å². The topological polar surface area (TPSA) is 164 Å². The highest BCUT2D eigenvalue weighted by Gasteiger charge is 2.43. The number of carboxylic acid groups (broad SMARTS) is 1. The van der Waals surface area contributed by atoms with Crippen LogP contribution in [0, 0.1) is 0 Å². The lowest BCUT2D eigenvalue weighted by molar-refractivity contribution is -0.137. The van der Waals surface area contributed by atoms with Gasteiger partial charge in [0.15, 0.2) is 6.23 Å². The smallest absolute Gasteiger partial charge is 0.336 e. The van der Waals surface area contributed by atoms with Crippen molar-refractivity contribution in [2.24, 2.45) is 0 Å². The van der Waals surface area contributed by atoms with Crippen molar-refractivity contribution in [1.82, 2.24) is 14.0 Å². The number of aliphatic hydroxyl groups is 3. The second-order valence-corrected chi connectivity index (χ2v) is 8.05. The first-order valence-corrected chi connectivity index (χ1v) is 10.8.